The Kier molecular flexibility index (Phi) is 5.79. The number of carbonyl (C=O) groups excluding carboxylic acids is 2. The van der Waals surface area contributed by atoms with E-state index in [0.29, 0.717) is 12.5 Å². The van der Waals surface area contributed by atoms with Gasteiger partial charge in [-0.05, 0) is 32.1 Å². The van der Waals surface area contributed by atoms with Crippen molar-refractivity contribution in [2.45, 2.75) is 52.0 Å². The van der Waals surface area contributed by atoms with Gasteiger partial charge in [-0.25, -0.2) is 0 Å². The fourth-order valence-corrected chi connectivity index (χ4v) is 2.62. The Morgan fingerprint density at radius 3 is 2.42 bits per heavy atom. The molecule has 0 aromatic carbocycles. The van der Waals surface area contributed by atoms with Gasteiger partial charge in [-0.3, -0.25) is 9.59 Å². The van der Waals surface area contributed by atoms with Crippen LogP contribution in [0.3, 0.4) is 0 Å². The number of nitrogens with two attached hydrogens (primary N) is 1. The minimum absolute atomic E-state index is 0.0102. The Bertz CT molecular complexity index is 321. The Balaban J connectivity index is 2.41. The molecule has 0 aromatic heterocycles. The normalized spacial score (nSPS) is 19.9. The van der Waals surface area contributed by atoms with Gasteiger partial charge in [0, 0.05) is 26.6 Å². The monoisotopic (exact) mass is 269 g/mol. The third-order valence-electron chi connectivity index (χ3n) is 3.80. The number of hydrogen-bond donors (Lipinski definition) is 2. The lowest BCUT2D eigenvalue weighted by atomic mass is 9.92. The first-order chi connectivity index (χ1) is 8.86. The summed E-state index contributed by atoms with van der Waals surface area (Å²) in [6, 6.07) is 0. The van der Waals surface area contributed by atoms with Crippen molar-refractivity contribution in [2.24, 2.45) is 11.7 Å². The summed E-state index contributed by atoms with van der Waals surface area (Å²) < 4.78 is 0. The van der Waals surface area contributed by atoms with Gasteiger partial charge in [-0.2, -0.15) is 0 Å². The quantitative estimate of drug-likeness (QED) is 0.778. The van der Waals surface area contributed by atoms with Crippen LogP contribution in [0.1, 0.15) is 46.5 Å². The second-order valence-electron chi connectivity index (χ2n) is 5.84. The molecule has 1 unspecified atom stereocenters. The van der Waals surface area contributed by atoms with Crippen molar-refractivity contribution in [1.29, 1.82) is 0 Å². The van der Waals surface area contributed by atoms with Crippen LogP contribution < -0.4 is 11.1 Å². The highest BCUT2D eigenvalue weighted by molar-refractivity contribution is 5.85. The van der Waals surface area contributed by atoms with Crippen LogP contribution in [-0.2, 0) is 9.59 Å². The molecule has 1 aliphatic heterocycles. The average molecular weight is 269 g/mol. The van der Waals surface area contributed by atoms with Crippen LogP contribution in [0.5, 0.6) is 0 Å². The number of nitrogens with zero attached hydrogens (tertiary/aromatic N) is 1. The molecule has 2 amide bonds. The molecular weight excluding hydrogens is 242 g/mol. The summed E-state index contributed by atoms with van der Waals surface area (Å²) in [4.78, 5) is 25.1. The molecule has 0 aromatic rings. The summed E-state index contributed by atoms with van der Waals surface area (Å²) in [5.74, 6) is 0.548. The first-order valence-electron chi connectivity index (χ1n) is 7.19. The zero-order valence-corrected chi connectivity index (χ0v) is 12.4. The number of carbonyl (C=O) groups is 2. The SMILES string of the molecule is CCCC(C)(N)C(=O)N1CCC(CNC(C)=O)CC1. The summed E-state index contributed by atoms with van der Waals surface area (Å²) in [5, 5.41) is 2.84. The van der Waals surface area contributed by atoms with E-state index in [4.69, 9.17) is 5.73 Å². The summed E-state index contributed by atoms with van der Waals surface area (Å²) in [6.45, 7) is 7.61. The molecule has 1 atom stereocenters. The van der Waals surface area contributed by atoms with Gasteiger partial charge in [-0.15, -0.1) is 0 Å². The molecule has 5 nitrogen and oxygen atoms in total. The van der Waals surface area contributed by atoms with E-state index in [9.17, 15) is 9.59 Å². The van der Waals surface area contributed by atoms with Crippen LogP contribution in [0.2, 0.25) is 0 Å². The van der Waals surface area contributed by atoms with E-state index in [1.165, 1.54) is 6.92 Å². The number of piperidine rings is 1. The molecule has 110 valence electrons. The molecule has 5 heteroatoms. The van der Waals surface area contributed by atoms with E-state index in [1.807, 2.05) is 18.7 Å². The first kappa shape index (κ1) is 16.0. The Morgan fingerprint density at radius 2 is 1.95 bits per heavy atom. The zero-order valence-electron chi connectivity index (χ0n) is 12.4. The topological polar surface area (TPSA) is 75.4 Å². The Morgan fingerprint density at radius 1 is 1.37 bits per heavy atom. The smallest absolute Gasteiger partial charge is 0.242 e. The summed E-state index contributed by atoms with van der Waals surface area (Å²) >= 11 is 0. The largest absolute Gasteiger partial charge is 0.356 e. The lowest BCUT2D eigenvalue weighted by Gasteiger charge is -2.36. The molecule has 1 heterocycles. The molecular formula is C14H27N3O2. The Hall–Kier alpha value is -1.10. The molecule has 1 saturated heterocycles. The van der Waals surface area contributed by atoms with E-state index in [0.717, 1.165) is 38.8 Å². The van der Waals surface area contributed by atoms with Crippen LogP contribution in [0, 0.1) is 5.92 Å². The van der Waals surface area contributed by atoms with Gasteiger partial charge in [0.1, 0.15) is 0 Å². The van der Waals surface area contributed by atoms with Gasteiger partial charge in [-0.1, -0.05) is 13.3 Å². The fraction of sp³-hybridized carbons (Fsp3) is 0.857. The predicted octanol–water partition coefficient (Wildman–Crippen LogP) is 0.879. The summed E-state index contributed by atoms with van der Waals surface area (Å²) in [5.41, 5.74) is 5.35. The van der Waals surface area contributed by atoms with Crippen molar-refractivity contribution in [3.05, 3.63) is 0 Å². The second-order valence-corrected chi connectivity index (χ2v) is 5.84. The van der Waals surface area contributed by atoms with E-state index in [1.54, 1.807) is 0 Å². The van der Waals surface area contributed by atoms with Crippen LogP contribution in [-0.4, -0.2) is 41.9 Å². The average Bonchev–Trinajstić information content (AvgIpc) is 2.36. The number of amides is 2. The van der Waals surface area contributed by atoms with Crippen LogP contribution in [0.25, 0.3) is 0 Å². The van der Waals surface area contributed by atoms with Gasteiger partial charge >= 0.3 is 0 Å². The van der Waals surface area contributed by atoms with E-state index in [-0.39, 0.29) is 11.8 Å². The molecule has 3 N–H and O–H groups in total. The van der Waals surface area contributed by atoms with Crippen LogP contribution in [0.15, 0.2) is 0 Å². The minimum atomic E-state index is -0.737. The van der Waals surface area contributed by atoms with Crippen molar-refractivity contribution < 1.29 is 9.59 Å². The molecule has 1 aliphatic rings. The van der Waals surface area contributed by atoms with Crippen LogP contribution in [0.4, 0.5) is 0 Å². The standard InChI is InChI=1S/C14H27N3O2/c1-4-7-14(3,15)13(19)17-8-5-12(6-9-17)10-16-11(2)18/h12H,4-10,15H2,1-3H3,(H,16,18). The highest BCUT2D eigenvalue weighted by atomic mass is 16.2. The van der Waals surface area contributed by atoms with Crippen molar-refractivity contribution in [3.8, 4) is 0 Å². The van der Waals surface area contributed by atoms with Crippen molar-refractivity contribution in [2.75, 3.05) is 19.6 Å². The third-order valence-corrected chi connectivity index (χ3v) is 3.80. The van der Waals surface area contributed by atoms with Gasteiger partial charge < -0.3 is 16.0 Å². The zero-order chi connectivity index (χ0) is 14.5. The maximum Gasteiger partial charge on any atom is 0.242 e. The van der Waals surface area contributed by atoms with E-state index >= 15 is 0 Å². The lowest BCUT2D eigenvalue weighted by Crippen LogP contribution is -2.55. The van der Waals surface area contributed by atoms with E-state index < -0.39 is 5.54 Å². The van der Waals surface area contributed by atoms with Crippen LogP contribution >= 0.6 is 0 Å². The third kappa shape index (κ3) is 4.82. The van der Waals surface area contributed by atoms with E-state index in [2.05, 4.69) is 5.32 Å². The maximum atomic E-state index is 12.3. The molecule has 0 bridgehead atoms. The van der Waals surface area contributed by atoms with Gasteiger partial charge in [0.2, 0.25) is 11.8 Å². The number of likely N-dealkylation sites (tertiary alicyclic amines) is 1. The molecule has 0 aliphatic carbocycles. The maximum absolute atomic E-state index is 12.3. The highest BCUT2D eigenvalue weighted by Crippen LogP contribution is 2.20. The molecule has 1 fully saturated rings. The fourth-order valence-electron chi connectivity index (χ4n) is 2.62. The second kappa shape index (κ2) is 6.89. The highest BCUT2D eigenvalue weighted by Gasteiger charge is 2.33. The van der Waals surface area contributed by atoms with Crippen molar-refractivity contribution >= 4 is 11.8 Å². The van der Waals surface area contributed by atoms with Gasteiger partial charge in [0.05, 0.1) is 5.54 Å². The molecule has 19 heavy (non-hydrogen) atoms. The molecule has 0 radical (unpaired) electrons. The minimum Gasteiger partial charge on any atom is -0.356 e. The Labute approximate surface area is 115 Å². The summed E-state index contributed by atoms with van der Waals surface area (Å²) in [7, 11) is 0. The van der Waals surface area contributed by atoms with Crippen molar-refractivity contribution in [1.82, 2.24) is 10.2 Å². The predicted molar refractivity (Wildman–Crippen MR) is 75.5 cm³/mol. The number of hydrogen-bond acceptors (Lipinski definition) is 3. The lowest BCUT2D eigenvalue weighted by molar-refractivity contribution is -0.138. The summed E-state index contributed by atoms with van der Waals surface area (Å²) in [6.07, 6.45) is 3.51. The molecule has 0 saturated carbocycles. The molecule has 1 rings (SSSR count). The molecule has 0 spiro atoms. The van der Waals surface area contributed by atoms with Crippen molar-refractivity contribution in [3.63, 3.8) is 0 Å². The number of nitrogens with one attached hydrogen (secondary N) is 1. The van der Waals surface area contributed by atoms with Gasteiger partial charge in [0.25, 0.3) is 0 Å². The number of rotatable bonds is 5. The van der Waals surface area contributed by atoms with Gasteiger partial charge in [0.15, 0.2) is 0 Å². The first-order valence-corrected chi connectivity index (χ1v) is 7.19.